The number of nitrogens with one attached hydrogen (secondary N) is 1. The van der Waals surface area contributed by atoms with Gasteiger partial charge in [0.15, 0.2) is 0 Å². The average Bonchev–Trinajstić information content (AvgIpc) is 2.77. The van der Waals surface area contributed by atoms with E-state index in [0.717, 1.165) is 30.6 Å². The fraction of sp³-hybridized carbons (Fsp3) is 0.714. The molecule has 1 amide bonds. The molecule has 0 aliphatic heterocycles. The molecule has 1 heterocycles. The van der Waals surface area contributed by atoms with E-state index in [9.17, 15) is 4.79 Å². The van der Waals surface area contributed by atoms with Crippen molar-refractivity contribution < 1.29 is 4.79 Å². The largest absolute Gasteiger partial charge is 0.352 e. The first-order valence-electron chi connectivity index (χ1n) is 7.01. The second-order valence-corrected chi connectivity index (χ2v) is 5.15. The minimum atomic E-state index is 0.221. The maximum absolute atomic E-state index is 12.0. The molecular formula is C14H23N3O. The molecule has 1 N–H and O–H groups in total. The third-order valence-corrected chi connectivity index (χ3v) is 3.80. The van der Waals surface area contributed by atoms with Gasteiger partial charge in [-0.3, -0.25) is 9.48 Å². The molecule has 1 aliphatic carbocycles. The topological polar surface area (TPSA) is 46.9 Å². The summed E-state index contributed by atoms with van der Waals surface area (Å²) >= 11 is 0. The monoisotopic (exact) mass is 249 g/mol. The minimum Gasteiger partial charge on any atom is -0.352 e. The highest BCUT2D eigenvalue weighted by Crippen LogP contribution is 2.23. The molecule has 18 heavy (non-hydrogen) atoms. The van der Waals surface area contributed by atoms with Gasteiger partial charge in [0.05, 0.1) is 5.69 Å². The molecule has 1 aromatic heterocycles. The molecule has 0 bridgehead atoms. The first-order chi connectivity index (χ1) is 8.70. The van der Waals surface area contributed by atoms with E-state index in [4.69, 9.17) is 0 Å². The van der Waals surface area contributed by atoms with Crippen molar-refractivity contribution in [1.29, 1.82) is 0 Å². The average molecular weight is 249 g/mol. The van der Waals surface area contributed by atoms with Crippen LogP contribution in [0.5, 0.6) is 0 Å². The van der Waals surface area contributed by atoms with E-state index in [1.165, 1.54) is 19.3 Å². The summed E-state index contributed by atoms with van der Waals surface area (Å²) in [7, 11) is 0. The van der Waals surface area contributed by atoms with E-state index in [0.29, 0.717) is 6.54 Å². The van der Waals surface area contributed by atoms with Crippen LogP contribution in [0, 0.1) is 12.8 Å². The van der Waals surface area contributed by atoms with E-state index in [1.807, 2.05) is 17.8 Å². The first kappa shape index (κ1) is 13.1. The molecule has 0 unspecified atom stereocenters. The maximum Gasteiger partial charge on any atom is 0.223 e. The van der Waals surface area contributed by atoms with Crippen LogP contribution >= 0.6 is 0 Å². The van der Waals surface area contributed by atoms with Gasteiger partial charge in [0, 0.05) is 30.8 Å². The zero-order valence-electron chi connectivity index (χ0n) is 11.4. The Morgan fingerprint density at radius 3 is 2.78 bits per heavy atom. The van der Waals surface area contributed by atoms with Gasteiger partial charge in [0.2, 0.25) is 5.91 Å². The first-order valence-corrected chi connectivity index (χ1v) is 7.01. The Morgan fingerprint density at radius 2 is 2.17 bits per heavy atom. The highest BCUT2D eigenvalue weighted by molar-refractivity contribution is 5.78. The Balaban J connectivity index is 1.86. The summed E-state index contributed by atoms with van der Waals surface area (Å²) in [6, 6.07) is 0. The molecule has 1 aromatic rings. The minimum absolute atomic E-state index is 0.221. The summed E-state index contributed by atoms with van der Waals surface area (Å²) in [6.07, 6.45) is 7.82. The number of hydrogen-bond donors (Lipinski definition) is 1. The number of amides is 1. The zero-order valence-corrected chi connectivity index (χ0v) is 11.4. The summed E-state index contributed by atoms with van der Waals surface area (Å²) in [6.45, 7) is 5.55. The number of carbonyl (C=O) groups is 1. The maximum atomic E-state index is 12.0. The standard InChI is InChI=1S/C14H23N3O/c1-3-17-10-13(11(2)16-17)9-15-14(18)12-7-5-4-6-8-12/h10,12H,3-9H2,1-2H3,(H,15,18). The quantitative estimate of drug-likeness (QED) is 0.890. The molecule has 0 radical (unpaired) electrons. The van der Waals surface area contributed by atoms with Crippen molar-refractivity contribution in [3.63, 3.8) is 0 Å². The fourth-order valence-corrected chi connectivity index (χ4v) is 2.59. The van der Waals surface area contributed by atoms with Crippen molar-refractivity contribution in [1.82, 2.24) is 15.1 Å². The van der Waals surface area contributed by atoms with Crippen LogP contribution in [0.2, 0.25) is 0 Å². The van der Waals surface area contributed by atoms with Gasteiger partial charge >= 0.3 is 0 Å². The van der Waals surface area contributed by atoms with Crippen LogP contribution < -0.4 is 5.32 Å². The molecule has 4 nitrogen and oxygen atoms in total. The Morgan fingerprint density at radius 1 is 1.44 bits per heavy atom. The number of rotatable bonds is 4. The molecule has 4 heteroatoms. The third-order valence-electron chi connectivity index (χ3n) is 3.80. The lowest BCUT2D eigenvalue weighted by Gasteiger charge is -2.20. The number of aryl methyl sites for hydroxylation is 2. The van der Waals surface area contributed by atoms with Crippen LogP contribution in [0.1, 0.15) is 50.3 Å². The van der Waals surface area contributed by atoms with E-state index in [2.05, 4.69) is 17.3 Å². The number of aromatic nitrogens is 2. The van der Waals surface area contributed by atoms with Crippen LogP contribution in [-0.4, -0.2) is 15.7 Å². The highest BCUT2D eigenvalue weighted by atomic mass is 16.1. The van der Waals surface area contributed by atoms with Gasteiger partial charge in [-0.15, -0.1) is 0 Å². The highest BCUT2D eigenvalue weighted by Gasteiger charge is 2.20. The second kappa shape index (κ2) is 6.03. The van der Waals surface area contributed by atoms with Crippen molar-refractivity contribution in [2.75, 3.05) is 0 Å². The van der Waals surface area contributed by atoms with E-state index in [1.54, 1.807) is 0 Å². The van der Waals surface area contributed by atoms with Gasteiger partial charge in [-0.25, -0.2) is 0 Å². The molecule has 0 saturated heterocycles. The lowest BCUT2D eigenvalue weighted by molar-refractivity contribution is -0.126. The molecular weight excluding hydrogens is 226 g/mol. The van der Waals surface area contributed by atoms with Crippen molar-refractivity contribution in [2.45, 2.75) is 59.0 Å². The predicted molar refractivity (Wildman–Crippen MR) is 71.1 cm³/mol. The molecule has 1 fully saturated rings. The van der Waals surface area contributed by atoms with E-state index < -0.39 is 0 Å². The predicted octanol–water partition coefficient (Wildman–Crippen LogP) is 2.41. The number of nitrogens with zero attached hydrogens (tertiary/aromatic N) is 2. The van der Waals surface area contributed by atoms with Crippen LogP contribution in [-0.2, 0) is 17.9 Å². The molecule has 2 rings (SSSR count). The Kier molecular flexibility index (Phi) is 4.39. The normalized spacial score (nSPS) is 16.8. The SMILES string of the molecule is CCn1cc(CNC(=O)C2CCCCC2)c(C)n1. The number of hydrogen-bond acceptors (Lipinski definition) is 2. The molecule has 0 atom stereocenters. The molecule has 0 spiro atoms. The zero-order chi connectivity index (χ0) is 13.0. The van der Waals surface area contributed by atoms with E-state index in [-0.39, 0.29) is 11.8 Å². The van der Waals surface area contributed by atoms with Crippen LogP contribution in [0.25, 0.3) is 0 Å². The van der Waals surface area contributed by atoms with Crippen molar-refractivity contribution in [3.8, 4) is 0 Å². The van der Waals surface area contributed by atoms with Crippen molar-refractivity contribution >= 4 is 5.91 Å². The Hall–Kier alpha value is -1.32. The van der Waals surface area contributed by atoms with E-state index >= 15 is 0 Å². The lowest BCUT2D eigenvalue weighted by Crippen LogP contribution is -2.31. The smallest absolute Gasteiger partial charge is 0.223 e. The van der Waals surface area contributed by atoms with Crippen LogP contribution in [0.3, 0.4) is 0 Å². The van der Waals surface area contributed by atoms with Crippen molar-refractivity contribution in [3.05, 3.63) is 17.5 Å². The van der Waals surface area contributed by atoms with Gasteiger partial charge < -0.3 is 5.32 Å². The summed E-state index contributed by atoms with van der Waals surface area (Å²) in [5.41, 5.74) is 2.14. The Labute approximate surface area is 109 Å². The second-order valence-electron chi connectivity index (χ2n) is 5.15. The summed E-state index contributed by atoms with van der Waals surface area (Å²) < 4.78 is 1.91. The van der Waals surface area contributed by atoms with Gasteiger partial charge in [-0.05, 0) is 26.7 Å². The van der Waals surface area contributed by atoms with Crippen LogP contribution in [0.15, 0.2) is 6.20 Å². The molecule has 100 valence electrons. The molecule has 1 saturated carbocycles. The van der Waals surface area contributed by atoms with Gasteiger partial charge in [0.25, 0.3) is 0 Å². The summed E-state index contributed by atoms with van der Waals surface area (Å²) in [5.74, 6) is 0.457. The van der Waals surface area contributed by atoms with Gasteiger partial charge in [-0.1, -0.05) is 19.3 Å². The number of carbonyl (C=O) groups excluding carboxylic acids is 1. The summed E-state index contributed by atoms with van der Waals surface area (Å²) in [5, 5.41) is 7.44. The third kappa shape index (κ3) is 3.12. The Bertz CT molecular complexity index is 405. The van der Waals surface area contributed by atoms with Crippen LogP contribution in [0.4, 0.5) is 0 Å². The molecule has 1 aliphatic rings. The van der Waals surface area contributed by atoms with Gasteiger partial charge in [0.1, 0.15) is 0 Å². The fourth-order valence-electron chi connectivity index (χ4n) is 2.59. The van der Waals surface area contributed by atoms with Gasteiger partial charge in [-0.2, -0.15) is 5.10 Å². The van der Waals surface area contributed by atoms with Crippen molar-refractivity contribution in [2.24, 2.45) is 5.92 Å². The molecule has 0 aromatic carbocycles. The lowest BCUT2D eigenvalue weighted by atomic mass is 9.88. The summed E-state index contributed by atoms with van der Waals surface area (Å²) in [4.78, 5) is 12.0.